The molecule has 3 heterocycles. The van der Waals surface area contributed by atoms with Gasteiger partial charge in [0.1, 0.15) is 6.10 Å². The Morgan fingerprint density at radius 3 is 2.93 bits per heavy atom. The van der Waals surface area contributed by atoms with Crippen molar-refractivity contribution in [2.45, 2.75) is 31.5 Å². The van der Waals surface area contributed by atoms with E-state index in [9.17, 15) is 0 Å². The zero-order valence-electron chi connectivity index (χ0n) is 16.9. The minimum Gasteiger partial charge on any atom is -0.375 e. The molecule has 1 aromatic carbocycles. The Labute approximate surface area is 198 Å². The van der Waals surface area contributed by atoms with Gasteiger partial charge < -0.3 is 24.2 Å². The summed E-state index contributed by atoms with van der Waals surface area (Å²) in [4.78, 5) is 11.1. The van der Waals surface area contributed by atoms with Crippen LogP contribution in [0.15, 0.2) is 33.8 Å². The molecule has 2 aliphatic rings. The summed E-state index contributed by atoms with van der Waals surface area (Å²) < 4.78 is 17.1. The van der Waals surface area contributed by atoms with E-state index in [1.807, 2.05) is 24.3 Å². The third-order valence-electron chi connectivity index (χ3n) is 5.16. The molecule has 10 heteroatoms. The number of guanidine groups is 1. The summed E-state index contributed by atoms with van der Waals surface area (Å²) in [6.45, 7) is 3.74. The fourth-order valence-corrected chi connectivity index (χ4v) is 3.89. The van der Waals surface area contributed by atoms with Crippen LogP contribution in [0.1, 0.15) is 18.7 Å². The molecular formula is C20H27ClIN5O3. The van der Waals surface area contributed by atoms with E-state index in [4.69, 9.17) is 25.6 Å². The largest absolute Gasteiger partial charge is 0.375 e. The van der Waals surface area contributed by atoms with Crippen molar-refractivity contribution >= 4 is 41.5 Å². The minimum atomic E-state index is 0. The highest BCUT2D eigenvalue weighted by Crippen LogP contribution is 2.21. The fraction of sp³-hybridized carbons (Fsp3) is 0.550. The maximum atomic E-state index is 6.03. The third kappa shape index (κ3) is 5.83. The molecule has 0 saturated carbocycles. The summed E-state index contributed by atoms with van der Waals surface area (Å²) in [5.41, 5.74) is 0.838. The van der Waals surface area contributed by atoms with E-state index in [0.29, 0.717) is 36.3 Å². The lowest BCUT2D eigenvalue weighted by molar-refractivity contribution is -0.0816. The molecule has 2 saturated heterocycles. The van der Waals surface area contributed by atoms with Gasteiger partial charge in [0.2, 0.25) is 11.7 Å². The second-order valence-corrected chi connectivity index (χ2v) is 7.59. The van der Waals surface area contributed by atoms with Crippen LogP contribution >= 0.6 is 35.6 Å². The minimum absolute atomic E-state index is 0. The average molecular weight is 548 g/mol. The fourth-order valence-electron chi connectivity index (χ4n) is 3.70. The van der Waals surface area contributed by atoms with Gasteiger partial charge in [0.15, 0.2) is 5.96 Å². The number of nitrogens with one attached hydrogen (secondary N) is 1. The molecule has 2 atom stereocenters. The second-order valence-electron chi connectivity index (χ2n) is 7.15. The Morgan fingerprint density at radius 1 is 1.30 bits per heavy atom. The van der Waals surface area contributed by atoms with Crippen molar-refractivity contribution in [3.8, 4) is 11.4 Å². The molecule has 4 rings (SSSR count). The first-order valence-corrected chi connectivity index (χ1v) is 10.4. The quantitative estimate of drug-likeness (QED) is 0.350. The van der Waals surface area contributed by atoms with E-state index < -0.39 is 0 Å². The summed E-state index contributed by atoms with van der Waals surface area (Å²) in [6, 6.07) is 7.41. The zero-order valence-corrected chi connectivity index (χ0v) is 20.0. The number of nitrogens with zero attached hydrogens (tertiary/aromatic N) is 4. The first-order valence-electron chi connectivity index (χ1n) is 10.0. The SMILES string of the molecule is CN=C(NCCc1nc(-c2cccc(Cl)c2)no1)N1CCOC(C2CCCO2)C1.I. The lowest BCUT2D eigenvalue weighted by atomic mass is 10.1. The van der Waals surface area contributed by atoms with Gasteiger partial charge in [-0.25, -0.2) is 0 Å². The Hall–Kier alpha value is -1.43. The van der Waals surface area contributed by atoms with Crippen LogP contribution in [0.3, 0.4) is 0 Å². The molecule has 8 nitrogen and oxygen atoms in total. The number of hydrogen-bond acceptors (Lipinski definition) is 6. The van der Waals surface area contributed by atoms with Gasteiger partial charge in [-0.3, -0.25) is 4.99 Å². The molecular weight excluding hydrogens is 521 g/mol. The van der Waals surface area contributed by atoms with E-state index in [1.54, 1.807) is 7.05 Å². The highest BCUT2D eigenvalue weighted by molar-refractivity contribution is 14.0. The van der Waals surface area contributed by atoms with Crippen LogP contribution < -0.4 is 5.32 Å². The highest BCUT2D eigenvalue weighted by atomic mass is 127. The third-order valence-corrected chi connectivity index (χ3v) is 5.39. The molecule has 0 amide bonds. The predicted octanol–water partition coefficient (Wildman–Crippen LogP) is 3.01. The van der Waals surface area contributed by atoms with Gasteiger partial charge in [-0.05, 0) is 25.0 Å². The molecule has 0 bridgehead atoms. The number of aromatic nitrogens is 2. The van der Waals surface area contributed by atoms with Crippen LogP contribution in [0.2, 0.25) is 5.02 Å². The molecule has 0 spiro atoms. The predicted molar refractivity (Wildman–Crippen MR) is 126 cm³/mol. The summed E-state index contributed by atoms with van der Waals surface area (Å²) in [5.74, 6) is 1.97. The number of halogens is 2. The van der Waals surface area contributed by atoms with Gasteiger partial charge in [-0.1, -0.05) is 28.9 Å². The molecule has 1 aromatic heterocycles. The summed E-state index contributed by atoms with van der Waals surface area (Å²) in [7, 11) is 1.79. The lowest BCUT2D eigenvalue weighted by Crippen LogP contribution is -2.53. The maximum Gasteiger partial charge on any atom is 0.228 e. The topological polar surface area (TPSA) is 85.0 Å². The first kappa shape index (κ1) is 23.2. The van der Waals surface area contributed by atoms with E-state index in [2.05, 4.69) is 25.3 Å². The monoisotopic (exact) mass is 547 g/mol. The van der Waals surface area contributed by atoms with Gasteiger partial charge in [-0.2, -0.15) is 4.98 Å². The van der Waals surface area contributed by atoms with Crippen molar-refractivity contribution in [2.75, 3.05) is 39.9 Å². The normalized spacial score (nSPS) is 22.1. The van der Waals surface area contributed by atoms with Crippen molar-refractivity contribution in [1.82, 2.24) is 20.4 Å². The van der Waals surface area contributed by atoms with E-state index in [-0.39, 0.29) is 36.2 Å². The van der Waals surface area contributed by atoms with Crippen LogP contribution in [0.4, 0.5) is 0 Å². The smallest absolute Gasteiger partial charge is 0.228 e. The van der Waals surface area contributed by atoms with E-state index in [0.717, 1.165) is 44.1 Å². The number of hydrogen-bond donors (Lipinski definition) is 1. The zero-order chi connectivity index (χ0) is 20.1. The molecule has 0 aliphatic carbocycles. The maximum absolute atomic E-state index is 6.03. The summed E-state index contributed by atoms with van der Waals surface area (Å²) >= 11 is 6.03. The van der Waals surface area contributed by atoms with Gasteiger partial charge >= 0.3 is 0 Å². The molecule has 2 aromatic rings. The standard InChI is InChI=1S/C20H26ClN5O3.HI/c1-22-20(26-9-11-28-17(13-26)16-6-3-10-27-16)23-8-7-18-24-19(25-29-18)14-4-2-5-15(21)12-14;/h2,4-5,12,16-17H,3,6-11,13H2,1H3,(H,22,23);1H. The van der Waals surface area contributed by atoms with Crippen molar-refractivity contribution in [3.63, 3.8) is 0 Å². The lowest BCUT2D eigenvalue weighted by Gasteiger charge is -2.37. The van der Waals surface area contributed by atoms with Gasteiger partial charge in [0.05, 0.1) is 12.7 Å². The van der Waals surface area contributed by atoms with Crippen molar-refractivity contribution in [3.05, 3.63) is 35.2 Å². The molecule has 1 N–H and O–H groups in total. The van der Waals surface area contributed by atoms with Crippen LogP contribution in [0.25, 0.3) is 11.4 Å². The van der Waals surface area contributed by atoms with Gasteiger partial charge in [-0.15, -0.1) is 24.0 Å². The van der Waals surface area contributed by atoms with Crippen molar-refractivity contribution < 1.29 is 14.0 Å². The van der Waals surface area contributed by atoms with E-state index in [1.165, 1.54) is 0 Å². The Morgan fingerprint density at radius 2 is 2.17 bits per heavy atom. The second kappa shape index (κ2) is 11.3. The van der Waals surface area contributed by atoms with E-state index >= 15 is 0 Å². The van der Waals surface area contributed by atoms with Gasteiger partial charge in [0.25, 0.3) is 0 Å². The number of benzene rings is 1. The number of ether oxygens (including phenoxy) is 2. The van der Waals surface area contributed by atoms with Crippen LogP contribution in [0.5, 0.6) is 0 Å². The number of aliphatic imine (C=N–C) groups is 1. The molecule has 2 aliphatic heterocycles. The Kier molecular flexibility index (Phi) is 8.72. The highest BCUT2D eigenvalue weighted by Gasteiger charge is 2.32. The Bertz CT molecular complexity index is 843. The molecule has 30 heavy (non-hydrogen) atoms. The molecule has 2 unspecified atom stereocenters. The summed E-state index contributed by atoms with van der Waals surface area (Å²) in [6.07, 6.45) is 3.07. The van der Waals surface area contributed by atoms with Gasteiger partial charge in [0, 0.05) is 50.3 Å². The van der Waals surface area contributed by atoms with Crippen LogP contribution in [-0.4, -0.2) is 73.1 Å². The summed E-state index contributed by atoms with van der Waals surface area (Å²) in [5, 5.41) is 8.08. The average Bonchev–Trinajstić information content (AvgIpc) is 3.44. The molecule has 0 radical (unpaired) electrons. The van der Waals surface area contributed by atoms with Crippen molar-refractivity contribution in [2.24, 2.45) is 4.99 Å². The van der Waals surface area contributed by atoms with Crippen LogP contribution in [-0.2, 0) is 15.9 Å². The van der Waals surface area contributed by atoms with Crippen LogP contribution in [0, 0.1) is 0 Å². The number of morpholine rings is 1. The number of rotatable bonds is 5. The Balaban J connectivity index is 0.00000256. The first-order chi connectivity index (χ1) is 14.2. The van der Waals surface area contributed by atoms with Crippen molar-refractivity contribution in [1.29, 1.82) is 0 Å². The molecule has 164 valence electrons. The molecule has 2 fully saturated rings.